The molecule has 1 unspecified atom stereocenters. The molecule has 1 atom stereocenters. The van der Waals surface area contributed by atoms with E-state index >= 15 is 0 Å². The number of anilines is 1. The number of hydrogen-bond acceptors (Lipinski definition) is 2. The molecule has 3 heteroatoms. The van der Waals surface area contributed by atoms with Crippen molar-refractivity contribution in [3.63, 3.8) is 0 Å². The van der Waals surface area contributed by atoms with Gasteiger partial charge in [-0.3, -0.25) is 0 Å². The molecule has 2 nitrogen and oxygen atoms in total. The van der Waals surface area contributed by atoms with Crippen LogP contribution in [-0.2, 0) is 0 Å². The molecule has 0 amide bonds. The molecule has 2 aromatic rings. The van der Waals surface area contributed by atoms with Crippen molar-refractivity contribution in [3.05, 3.63) is 60.7 Å². The molecular formula is C21H26N2Se. The Kier molecular flexibility index (Phi) is 5.43. The topological polar surface area (TPSA) is 15.6 Å². The fraction of sp³-hybridized carbons (Fsp3) is 0.381. The van der Waals surface area contributed by atoms with E-state index < -0.39 is 0 Å². The third kappa shape index (κ3) is 4.28. The van der Waals surface area contributed by atoms with Crippen molar-refractivity contribution >= 4 is 30.8 Å². The zero-order chi connectivity index (χ0) is 17.0. The van der Waals surface area contributed by atoms with Crippen molar-refractivity contribution < 1.29 is 0 Å². The molecule has 0 spiro atoms. The van der Waals surface area contributed by atoms with E-state index in [0.717, 1.165) is 6.42 Å². The summed E-state index contributed by atoms with van der Waals surface area (Å²) in [6.07, 6.45) is 2.31. The fourth-order valence-corrected chi connectivity index (χ4v) is 5.11. The first-order valence-corrected chi connectivity index (χ1v) is 10.7. The Labute approximate surface area is 152 Å². The van der Waals surface area contributed by atoms with Crippen LogP contribution in [0, 0.1) is 5.41 Å². The normalized spacial score (nSPS) is 18.4. The monoisotopic (exact) mass is 386 g/mol. The summed E-state index contributed by atoms with van der Waals surface area (Å²) in [6.45, 7) is 6.80. The van der Waals surface area contributed by atoms with Gasteiger partial charge in [-0.1, -0.05) is 0 Å². The van der Waals surface area contributed by atoms with Gasteiger partial charge in [-0.25, -0.2) is 0 Å². The van der Waals surface area contributed by atoms with Gasteiger partial charge in [-0.05, 0) is 0 Å². The number of nitrogens with zero attached hydrogens (tertiary/aromatic N) is 2. The average molecular weight is 385 g/mol. The zero-order valence-corrected chi connectivity index (χ0v) is 16.5. The first kappa shape index (κ1) is 17.3. The summed E-state index contributed by atoms with van der Waals surface area (Å²) >= 11 is 0.494. The molecule has 1 heterocycles. The van der Waals surface area contributed by atoms with Crippen LogP contribution in [0.15, 0.2) is 65.8 Å². The molecule has 0 fully saturated rings. The minimum absolute atomic E-state index is 0.141. The molecule has 0 aliphatic carbocycles. The van der Waals surface area contributed by atoms with Gasteiger partial charge in [0, 0.05) is 0 Å². The molecule has 2 aromatic carbocycles. The molecule has 0 aromatic heterocycles. The van der Waals surface area contributed by atoms with Crippen LogP contribution in [0.25, 0.3) is 0 Å². The summed E-state index contributed by atoms with van der Waals surface area (Å²) in [6, 6.07) is 22.0. The van der Waals surface area contributed by atoms with Crippen LogP contribution in [0.3, 0.4) is 0 Å². The third-order valence-electron chi connectivity index (χ3n) is 4.36. The summed E-state index contributed by atoms with van der Waals surface area (Å²) in [4.78, 5) is 0. The van der Waals surface area contributed by atoms with Gasteiger partial charge >= 0.3 is 152 Å². The van der Waals surface area contributed by atoms with Gasteiger partial charge < -0.3 is 0 Å². The van der Waals surface area contributed by atoms with Crippen LogP contribution in [-0.4, -0.2) is 26.7 Å². The van der Waals surface area contributed by atoms with E-state index in [9.17, 15) is 0 Å². The first-order valence-electron chi connectivity index (χ1n) is 8.64. The molecule has 24 heavy (non-hydrogen) atoms. The van der Waals surface area contributed by atoms with Crippen molar-refractivity contribution in [2.75, 3.05) is 5.01 Å². The quantitative estimate of drug-likeness (QED) is 0.708. The Morgan fingerprint density at radius 1 is 1.00 bits per heavy atom. The molecule has 0 radical (unpaired) electrons. The number of rotatable bonds is 4. The predicted molar refractivity (Wildman–Crippen MR) is 105 cm³/mol. The standard InChI is InChI=1S/C21H26N2Se/c1-21(2,3)20-15-14-18(16-24-19-12-8-5-9-13-19)23(22-20)17-10-6-4-7-11-17/h4-13,18H,14-16H2,1-3H3. The van der Waals surface area contributed by atoms with Crippen LogP contribution in [0.1, 0.15) is 33.6 Å². The van der Waals surface area contributed by atoms with Gasteiger partial charge in [0.05, 0.1) is 0 Å². The fourth-order valence-electron chi connectivity index (χ4n) is 2.92. The Hall–Kier alpha value is -1.57. The number of para-hydroxylation sites is 1. The Bertz CT molecular complexity index is 674. The van der Waals surface area contributed by atoms with Crippen molar-refractivity contribution in [2.45, 2.75) is 45.0 Å². The second-order valence-electron chi connectivity index (χ2n) is 7.29. The summed E-state index contributed by atoms with van der Waals surface area (Å²) < 4.78 is 1.48. The van der Waals surface area contributed by atoms with E-state index in [2.05, 4.69) is 86.4 Å². The summed E-state index contributed by atoms with van der Waals surface area (Å²) in [5.74, 6) is 0. The van der Waals surface area contributed by atoms with Crippen molar-refractivity contribution in [3.8, 4) is 0 Å². The molecule has 0 saturated heterocycles. The molecule has 0 N–H and O–H groups in total. The zero-order valence-electron chi connectivity index (χ0n) is 14.8. The van der Waals surface area contributed by atoms with Crippen molar-refractivity contribution in [1.29, 1.82) is 0 Å². The Balaban J connectivity index is 1.81. The van der Waals surface area contributed by atoms with E-state index in [4.69, 9.17) is 5.10 Å². The van der Waals surface area contributed by atoms with Crippen LogP contribution in [0.2, 0.25) is 5.32 Å². The predicted octanol–water partition coefficient (Wildman–Crippen LogP) is 4.51. The summed E-state index contributed by atoms with van der Waals surface area (Å²) in [7, 11) is 0. The molecule has 0 saturated carbocycles. The van der Waals surface area contributed by atoms with Gasteiger partial charge in [-0.15, -0.1) is 0 Å². The molecule has 0 bridgehead atoms. The number of hydrogen-bond donors (Lipinski definition) is 0. The SMILES string of the molecule is CC(C)(C)C1=NN(c2ccccc2)C(C[Se]c2ccccc2)CC1. The average Bonchev–Trinajstić information content (AvgIpc) is 2.61. The Morgan fingerprint density at radius 2 is 1.62 bits per heavy atom. The van der Waals surface area contributed by atoms with Gasteiger partial charge in [-0.2, -0.15) is 0 Å². The first-order chi connectivity index (χ1) is 11.5. The number of benzene rings is 2. The third-order valence-corrected chi connectivity index (χ3v) is 6.79. The van der Waals surface area contributed by atoms with Gasteiger partial charge in [0.2, 0.25) is 0 Å². The van der Waals surface area contributed by atoms with Crippen LogP contribution < -0.4 is 9.47 Å². The van der Waals surface area contributed by atoms with Crippen molar-refractivity contribution in [1.82, 2.24) is 0 Å². The summed E-state index contributed by atoms with van der Waals surface area (Å²) in [5.41, 5.74) is 2.67. The van der Waals surface area contributed by atoms with E-state index in [1.54, 1.807) is 0 Å². The molecular weight excluding hydrogens is 359 g/mol. The van der Waals surface area contributed by atoms with Crippen LogP contribution in [0.4, 0.5) is 5.69 Å². The minimum atomic E-state index is 0.141. The van der Waals surface area contributed by atoms with E-state index in [1.807, 2.05) is 0 Å². The maximum atomic E-state index is 5.08. The van der Waals surface area contributed by atoms with Crippen molar-refractivity contribution in [2.24, 2.45) is 10.5 Å². The van der Waals surface area contributed by atoms with Gasteiger partial charge in [0.15, 0.2) is 0 Å². The van der Waals surface area contributed by atoms with Crippen LogP contribution >= 0.6 is 0 Å². The molecule has 1 aliphatic heterocycles. The van der Waals surface area contributed by atoms with Crippen LogP contribution in [0.5, 0.6) is 0 Å². The van der Waals surface area contributed by atoms with E-state index in [-0.39, 0.29) is 5.41 Å². The molecule has 1 aliphatic rings. The maximum absolute atomic E-state index is 5.08. The molecule has 126 valence electrons. The van der Waals surface area contributed by atoms with Gasteiger partial charge in [0.25, 0.3) is 0 Å². The molecule has 3 rings (SSSR count). The Morgan fingerprint density at radius 3 is 2.25 bits per heavy atom. The van der Waals surface area contributed by atoms with E-state index in [1.165, 1.54) is 27.6 Å². The second-order valence-corrected chi connectivity index (χ2v) is 9.59. The summed E-state index contributed by atoms with van der Waals surface area (Å²) in [5, 5.41) is 8.56. The second kappa shape index (κ2) is 7.55. The van der Waals surface area contributed by atoms with Gasteiger partial charge in [0.1, 0.15) is 0 Å². The van der Waals surface area contributed by atoms with E-state index in [0.29, 0.717) is 21.0 Å². The number of hydrazone groups is 1.